The largest absolute Gasteiger partial charge is 0.497 e. The Balaban J connectivity index is 2.70. The molecule has 0 amide bonds. The fourth-order valence-corrected chi connectivity index (χ4v) is 1.33. The lowest BCUT2D eigenvalue weighted by Crippen LogP contribution is -2.30. The SMILES string of the molecule is COc1cccc(CN(C)C(=N)N=C(N)N)c1. The summed E-state index contributed by atoms with van der Waals surface area (Å²) in [4.78, 5) is 5.30. The Morgan fingerprint density at radius 2 is 2.18 bits per heavy atom. The molecule has 0 saturated heterocycles. The van der Waals surface area contributed by atoms with Crippen LogP contribution in [0.25, 0.3) is 0 Å². The van der Waals surface area contributed by atoms with E-state index in [0.29, 0.717) is 6.54 Å². The van der Waals surface area contributed by atoms with Crippen LogP contribution in [-0.2, 0) is 6.54 Å². The number of methoxy groups -OCH3 is 1. The standard InChI is InChI=1S/C11H17N5O/c1-16(11(14)15-10(12)13)7-8-4-3-5-9(6-8)17-2/h3-6H,7H2,1-2H3,(H5,12,13,14,15). The number of nitrogens with one attached hydrogen (secondary N) is 1. The summed E-state index contributed by atoms with van der Waals surface area (Å²) < 4.78 is 5.12. The molecule has 0 saturated carbocycles. The van der Waals surface area contributed by atoms with E-state index < -0.39 is 0 Å². The highest BCUT2D eigenvalue weighted by Crippen LogP contribution is 2.13. The molecule has 0 heterocycles. The van der Waals surface area contributed by atoms with Crippen LogP contribution in [0.15, 0.2) is 29.3 Å². The quantitative estimate of drug-likeness (QED) is 0.519. The van der Waals surface area contributed by atoms with Gasteiger partial charge in [-0.2, -0.15) is 4.99 Å². The lowest BCUT2D eigenvalue weighted by molar-refractivity contribution is 0.412. The van der Waals surface area contributed by atoms with Gasteiger partial charge < -0.3 is 21.1 Å². The van der Waals surface area contributed by atoms with Crippen LogP contribution >= 0.6 is 0 Å². The molecule has 0 unspecified atom stereocenters. The Morgan fingerprint density at radius 1 is 1.47 bits per heavy atom. The van der Waals surface area contributed by atoms with Gasteiger partial charge in [0.2, 0.25) is 5.96 Å². The maximum Gasteiger partial charge on any atom is 0.221 e. The lowest BCUT2D eigenvalue weighted by atomic mass is 10.2. The van der Waals surface area contributed by atoms with Crippen molar-refractivity contribution in [3.05, 3.63) is 29.8 Å². The highest BCUT2D eigenvalue weighted by Gasteiger charge is 2.05. The summed E-state index contributed by atoms with van der Waals surface area (Å²) in [6.07, 6.45) is 0. The number of hydrogen-bond acceptors (Lipinski definition) is 2. The van der Waals surface area contributed by atoms with Gasteiger partial charge in [-0.05, 0) is 17.7 Å². The molecule has 0 spiro atoms. The molecule has 0 atom stereocenters. The van der Waals surface area contributed by atoms with Crippen LogP contribution < -0.4 is 16.2 Å². The topological polar surface area (TPSA) is 101 Å². The molecular formula is C11H17N5O. The summed E-state index contributed by atoms with van der Waals surface area (Å²) in [6.45, 7) is 0.535. The van der Waals surface area contributed by atoms with Gasteiger partial charge in [-0.1, -0.05) is 12.1 Å². The molecule has 1 aromatic carbocycles. The fourth-order valence-electron chi connectivity index (χ4n) is 1.33. The third-order valence-electron chi connectivity index (χ3n) is 2.15. The molecule has 0 fully saturated rings. The van der Waals surface area contributed by atoms with E-state index in [9.17, 15) is 0 Å². The average Bonchev–Trinajstić information content (AvgIpc) is 2.28. The van der Waals surface area contributed by atoms with E-state index in [1.165, 1.54) is 0 Å². The third-order valence-corrected chi connectivity index (χ3v) is 2.15. The first-order valence-electron chi connectivity index (χ1n) is 5.05. The Morgan fingerprint density at radius 3 is 2.76 bits per heavy atom. The van der Waals surface area contributed by atoms with Gasteiger partial charge in [-0.25, -0.2) is 0 Å². The van der Waals surface area contributed by atoms with Crippen molar-refractivity contribution in [3.8, 4) is 5.75 Å². The van der Waals surface area contributed by atoms with Crippen LogP contribution in [0.4, 0.5) is 0 Å². The van der Waals surface area contributed by atoms with Gasteiger partial charge in [-0.3, -0.25) is 5.41 Å². The zero-order valence-corrected chi connectivity index (χ0v) is 9.97. The van der Waals surface area contributed by atoms with Crippen molar-refractivity contribution in [1.82, 2.24) is 4.90 Å². The van der Waals surface area contributed by atoms with Crippen molar-refractivity contribution in [1.29, 1.82) is 5.41 Å². The monoisotopic (exact) mass is 235 g/mol. The summed E-state index contributed by atoms with van der Waals surface area (Å²) in [6, 6.07) is 7.61. The zero-order chi connectivity index (χ0) is 12.8. The minimum Gasteiger partial charge on any atom is -0.497 e. The van der Waals surface area contributed by atoms with Gasteiger partial charge in [0, 0.05) is 13.6 Å². The van der Waals surface area contributed by atoms with E-state index in [1.54, 1.807) is 19.1 Å². The van der Waals surface area contributed by atoms with E-state index in [2.05, 4.69) is 4.99 Å². The second-order valence-electron chi connectivity index (χ2n) is 3.57. The van der Waals surface area contributed by atoms with Gasteiger partial charge >= 0.3 is 0 Å². The molecule has 17 heavy (non-hydrogen) atoms. The molecule has 1 aromatic rings. The second kappa shape index (κ2) is 5.74. The molecule has 0 radical (unpaired) electrons. The number of ether oxygens (including phenoxy) is 1. The second-order valence-corrected chi connectivity index (χ2v) is 3.57. The minimum absolute atomic E-state index is 0.0211. The Bertz CT molecular complexity index is 426. The van der Waals surface area contributed by atoms with Crippen molar-refractivity contribution in [2.45, 2.75) is 6.54 Å². The molecule has 0 bridgehead atoms. The van der Waals surface area contributed by atoms with Crippen molar-refractivity contribution < 1.29 is 4.74 Å². The smallest absolute Gasteiger partial charge is 0.221 e. The Labute approximate surface area is 100 Å². The maximum atomic E-state index is 7.62. The van der Waals surface area contributed by atoms with Gasteiger partial charge in [0.25, 0.3) is 0 Å². The first kappa shape index (κ1) is 12.8. The number of benzene rings is 1. The van der Waals surface area contributed by atoms with Crippen LogP contribution in [0, 0.1) is 5.41 Å². The van der Waals surface area contributed by atoms with Crippen LogP contribution in [0.3, 0.4) is 0 Å². The van der Waals surface area contributed by atoms with E-state index >= 15 is 0 Å². The summed E-state index contributed by atoms with van der Waals surface area (Å²) >= 11 is 0. The molecule has 0 aliphatic rings. The van der Waals surface area contributed by atoms with Gasteiger partial charge in [-0.15, -0.1) is 0 Å². The van der Waals surface area contributed by atoms with Gasteiger partial charge in [0.15, 0.2) is 5.96 Å². The first-order chi connectivity index (χ1) is 8.02. The summed E-state index contributed by atoms with van der Waals surface area (Å²) in [5, 5.41) is 7.62. The van der Waals surface area contributed by atoms with Crippen LogP contribution in [0.5, 0.6) is 5.75 Å². The number of aliphatic imine (C=N–C) groups is 1. The summed E-state index contributed by atoms with van der Waals surface area (Å²) in [5.41, 5.74) is 11.4. The van der Waals surface area contributed by atoms with Crippen molar-refractivity contribution in [2.24, 2.45) is 16.5 Å². The lowest BCUT2D eigenvalue weighted by Gasteiger charge is -2.17. The van der Waals surface area contributed by atoms with Crippen molar-refractivity contribution in [2.75, 3.05) is 14.2 Å². The van der Waals surface area contributed by atoms with Crippen molar-refractivity contribution in [3.63, 3.8) is 0 Å². The summed E-state index contributed by atoms with van der Waals surface area (Å²) in [7, 11) is 3.36. The van der Waals surface area contributed by atoms with Gasteiger partial charge in [0.1, 0.15) is 5.75 Å². The number of nitrogens with two attached hydrogens (primary N) is 2. The molecule has 5 N–H and O–H groups in total. The van der Waals surface area contributed by atoms with Crippen LogP contribution in [-0.4, -0.2) is 31.0 Å². The molecule has 0 aromatic heterocycles. The maximum absolute atomic E-state index is 7.62. The number of hydrogen-bond donors (Lipinski definition) is 3. The minimum atomic E-state index is -0.118. The van der Waals surface area contributed by atoms with E-state index in [1.807, 2.05) is 24.3 Å². The van der Waals surface area contributed by atoms with Crippen LogP contribution in [0.1, 0.15) is 5.56 Å². The predicted octanol–water partition coefficient (Wildman–Crippen LogP) is 0.335. The Kier molecular flexibility index (Phi) is 4.33. The van der Waals surface area contributed by atoms with E-state index in [-0.39, 0.29) is 11.9 Å². The normalized spacial score (nSPS) is 9.53. The molecule has 1 rings (SSSR count). The summed E-state index contributed by atoms with van der Waals surface area (Å²) in [5.74, 6) is 0.685. The molecule has 6 heteroatoms. The van der Waals surface area contributed by atoms with E-state index in [4.69, 9.17) is 21.6 Å². The molecule has 6 nitrogen and oxygen atoms in total. The highest BCUT2D eigenvalue weighted by atomic mass is 16.5. The van der Waals surface area contributed by atoms with Crippen molar-refractivity contribution >= 4 is 11.9 Å². The fraction of sp³-hybridized carbons (Fsp3) is 0.273. The van der Waals surface area contributed by atoms with Gasteiger partial charge in [0.05, 0.1) is 7.11 Å². The molecule has 0 aliphatic heterocycles. The van der Waals surface area contributed by atoms with E-state index in [0.717, 1.165) is 11.3 Å². The number of guanidine groups is 2. The van der Waals surface area contributed by atoms with Crippen LogP contribution in [0.2, 0.25) is 0 Å². The highest BCUT2D eigenvalue weighted by molar-refractivity contribution is 5.91. The Hall–Kier alpha value is -2.24. The third kappa shape index (κ3) is 4.02. The first-order valence-corrected chi connectivity index (χ1v) is 5.05. The molecule has 0 aliphatic carbocycles. The average molecular weight is 235 g/mol. The predicted molar refractivity (Wildman–Crippen MR) is 68.0 cm³/mol. The molecule has 92 valence electrons. The number of rotatable bonds is 3. The molecular weight excluding hydrogens is 218 g/mol. The zero-order valence-electron chi connectivity index (χ0n) is 9.97. The number of nitrogens with zero attached hydrogens (tertiary/aromatic N) is 2.